The van der Waals surface area contributed by atoms with Gasteiger partial charge in [-0.2, -0.15) is 4.31 Å². The van der Waals surface area contributed by atoms with Gasteiger partial charge in [0.2, 0.25) is 10.0 Å². The average molecular weight is 460 g/mol. The Hall–Kier alpha value is -2.45. The van der Waals surface area contributed by atoms with Gasteiger partial charge in [0.1, 0.15) is 5.82 Å². The molecule has 2 aliphatic rings. The molecule has 0 saturated heterocycles. The summed E-state index contributed by atoms with van der Waals surface area (Å²) in [6, 6.07) is 10.7. The van der Waals surface area contributed by atoms with E-state index < -0.39 is 10.0 Å². The van der Waals surface area contributed by atoms with Crippen molar-refractivity contribution in [1.29, 1.82) is 0 Å². The first-order chi connectivity index (χ1) is 15.3. The summed E-state index contributed by atoms with van der Waals surface area (Å²) >= 11 is 0. The van der Waals surface area contributed by atoms with Crippen molar-refractivity contribution >= 4 is 21.7 Å². The molecule has 1 unspecified atom stereocenters. The number of urea groups is 1. The van der Waals surface area contributed by atoms with Gasteiger partial charge in [0, 0.05) is 31.4 Å². The molecule has 1 aliphatic carbocycles. The van der Waals surface area contributed by atoms with E-state index in [9.17, 15) is 17.6 Å². The Kier molecular flexibility index (Phi) is 6.53. The number of anilines is 1. The lowest BCUT2D eigenvalue weighted by Gasteiger charge is -2.35. The third-order valence-electron chi connectivity index (χ3n) is 6.69. The van der Waals surface area contributed by atoms with E-state index in [2.05, 4.69) is 5.32 Å². The molecule has 6 nitrogen and oxygen atoms in total. The monoisotopic (exact) mass is 459 g/mol. The maximum absolute atomic E-state index is 13.6. The van der Waals surface area contributed by atoms with Gasteiger partial charge in [-0.1, -0.05) is 25.3 Å². The topological polar surface area (TPSA) is 69.7 Å². The minimum atomic E-state index is -3.58. The molecule has 4 rings (SSSR count). The van der Waals surface area contributed by atoms with E-state index in [4.69, 9.17) is 0 Å². The van der Waals surface area contributed by atoms with Gasteiger partial charge >= 0.3 is 6.03 Å². The summed E-state index contributed by atoms with van der Waals surface area (Å²) < 4.78 is 41.1. The number of nitrogens with zero attached hydrogens (tertiary/aromatic N) is 2. The van der Waals surface area contributed by atoms with Crippen LogP contribution in [0.3, 0.4) is 0 Å². The number of amides is 2. The highest BCUT2D eigenvalue weighted by molar-refractivity contribution is 7.89. The molecule has 1 N–H and O–H groups in total. The van der Waals surface area contributed by atoms with E-state index in [1.54, 1.807) is 30.1 Å². The fraction of sp³-hybridized carbons (Fsp3) is 0.458. The summed E-state index contributed by atoms with van der Waals surface area (Å²) in [5.41, 5.74) is 2.39. The van der Waals surface area contributed by atoms with Crippen molar-refractivity contribution in [3.05, 3.63) is 59.4 Å². The van der Waals surface area contributed by atoms with Gasteiger partial charge in [-0.3, -0.25) is 0 Å². The summed E-state index contributed by atoms with van der Waals surface area (Å²) in [6.45, 7) is 2.29. The van der Waals surface area contributed by atoms with E-state index in [-0.39, 0.29) is 28.8 Å². The second-order valence-electron chi connectivity index (χ2n) is 8.86. The van der Waals surface area contributed by atoms with Gasteiger partial charge in [0.15, 0.2) is 0 Å². The largest absolute Gasteiger partial charge is 0.322 e. The van der Waals surface area contributed by atoms with Gasteiger partial charge < -0.3 is 10.2 Å². The van der Waals surface area contributed by atoms with Crippen molar-refractivity contribution < 1.29 is 17.6 Å². The van der Waals surface area contributed by atoms with Crippen LogP contribution < -0.4 is 5.32 Å². The van der Waals surface area contributed by atoms with Crippen LogP contribution in [0.25, 0.3) is 0 Å². The molecule has 0 radical (unpaired) electrons. The molecule has 8 heteroatoms. The number of sulfonamides is 1. The molecular formula is C24H30FN3O3S. The first kappa shape index (κ1) is 22.7. The molecule has 1 heterocycles. The van der Waals surface area contributed by atoms with Crippen molar-refractivity contribution in [2.45, 2.75) is 69.0 Å². The number of carbonyl (C=O) groups is 1. The Labute approximate surface area is 189 Å². The minimum absolute atomic E-state index is 0.0308. The normalized spacial score (nSPS) is 19.6. The lowest BCUT2D eigenvalue weighted by atomic mass is 9.95. The Morgan fingerprint density at radius 2 is 1.75 bits per heavy atom. The van der Waals surface area contributed by atoms with Gasteiger partial charge in [-0.15, -0.1) is 0 Å². The highest BCUT2D eigenvalue weighted by atomic mass is 32.2. The number of carbonyl (C=O) groups excluding carboxylic acids is 1. The maximum Gasteiger partial charge on any atom is 0.322 e. The molecule has 2 aromatic rings. The molecule has 0 aromatic heterocycles. The molecule has 172 valence electrons. The predicted octanol–water partition coefficient (Wildman–Crippen LogP) is 4.76. The number of hydrogen-bond acceptors (Lipinski definition) is 3. The Bertz CT molecular complexity index is 1080. The zero-order valence-electron chi connectivity index (χ0n) is 18.6. The molecule has 1 saturated carbocycles. The van der Waals surface area contributed by atoms with Crippen LogP contribution in [0.5, 0.6) is 0 Å². The van der Waals surface area contributed by atoms with Crippen molar-refractivity contribution in [3.63, 3.8) is 0 Å². The summed E-state index contributed by atoms with van der Waals surface area (Å²) in [5.74, 6) is -0.311. The number of rotatable bonds is 4. The standard InChI is InChI=1S/C24H30FN3O3S/c1-17-14-18-8-9-20(25)15-19(18)16-28(17)24(29)26-21-10-12-23(13-11-21)32(30,31)27(2)22-6-4-3-5-7-22/h8-13,15,17,22H,3-7,14,16H2,1-2H3,(H,26,29). The van der Waals surface area contributed by atoms with E-state index in [0.29, 0.717) is 18.7 Å². The number of fused-ring (bicyclic) bond motifs is 1. The molecule has 1 aliphatic heterocycles. The zero-order chi connectivity index (χ0) is 22.9. The molecule has 0 spiro atoms. The zero-order valence-corrected chi connectivity index (χ0v) is 19.4. The van der Waals surface area contributed by atoms with Gasteiger partial charge in [-0.05, 0) is 73.7 Å². The van der Waals surface area contributed by atoms with Crippen LogP contribution in [-0.2, 0) is 23.0 Å². The summed E-state index contributed by atoms with van der Waals surface area (Å²) in [4.78, 5) is 14.8. The summed E-state index contributed by atoms with van der Waals surface area (Å²) in [5, 5.41) is 2.84. The predicted molar refractivity (Wildman–Crippen MR) is 122 cm³/mol. The van der Waals surface area contributed by atoms with Crippen LogP contribution in [0.15, 0.2) is 47.4 Å². The smallest absolute Gasteiger partial charge is 0.317 e. The van der Waals surface area contributed by atoms with Crippen LogP contribution in [0.2, 0.25) is 0 Å². The van der Waals surface area contributed by atoms with Gasteiger partial charge in [0.25, 0.3) is 0 Å². The van der Waals surface area contributed by atoms with Gasteiger partial charge in [0.05, 0.1) is 4.90 Å². The van der Waals surface area contributed by atoms with Crippen molar-refractivity contribution in [1.82, 2.24) is 9.21 Å². The first-order valence-corrected chi connectivity index (χ1v) is 12.6. The van der Waals surface area contributed by atoms with E-state index in [1.807, 2.05) is 6.92 Å². The Balaban J connectivity index is 1.43. The number of benzene rings is 2. The highest BCUT2D eigenvalue weighted by Gasteiger charge is 2.30. The van der Waals surface area contributed by atoms with E-state index >= 15 is 0 Å². The highest BCUT2D eigenvalue weighted by Crippen LogP contribution is 2.28. The number of hydrogen-bond donors (Lipinski definition) is 1. The third kappa shape index (κ3) is 4.66. The van der Waals surface area contributed by atoms with Crippen LogP contribution in [0, 0.1) is 5.82 Å². The average Bonchev–Trinajstić information content (AvgIpc) is 2.79. The molecule has 32 heavy (non-hydrogen) atoms. The van der Waals surface area contributed by atoms with Crippen molar-refractivity contribution in [2.75, 3.05) is 12.4 Å². The fourth-order valence-electron chi connectivity index (χ4n) is 4.69. The van der Waals surface area contributed by atoms with E-state index in [0.717, 1.165) is 43.2 Å². The second-order valence-corrected chi connectivity index (χ2v) is 10.9. The number of halogens is 1. The maximum atomic E-state index is 13.6. The third-order valence-corrected chi connectivity index (χ3v) is 8.61. The van der Waals surface area contributed by atoms with Crippen molar-refractivity contribution in [3.8, 4) is 0 Å². The summed E-state index contributed by atoms with van der Waals surface area (Å²) in [7, 11) is -1.92. The fourth-order valence-corrected chi connectivity index (χ4v) is 6.11. The van der Waals surface area contributed by atoms with Crippen molar-refractivity contribution in [2.24, 2.45) is 0 Å². The molecule has 0 bridgehead atoms. The van der Waals surface area contributed by atoms with Crippen LogP contribution in [-0.4, -0.2) is 42.8 Å². The quantitative estimate of drug-likeness (QED) is 0.717. The Morgan fingerprint density at radius 1 is 1.06 bits per heavy atom. The molecule has 2 amide bonds. The lowest BCUT2D eigenvalue weighted by molar-refractivity contribution is 0.182. The molecule has 1 atom stereocenters. The Morgan fingerprint density at radius 3 is 2.44 bits per heavy atom. The second kappa shape index (κ2) is 9.19. The number of nitrogens with one attached hydrogen (secondary N) is 1. The molecule has 1 fully saturated rings. The summed E-state index contributed by atoms with van der Waals surface area (Å²) in [6.07, 6.45) is 5.72. The molecular weight excluding hydrogens is 429 g/mol. The van der Waals surface area contributed by atoms with Crippen LogP contribution in [0.1, 0.15) is 50.2 Å². The van der Waals surface area contributed by atoms with Crippen LogP contribution >= 0.6 is 0 Å². The molecule has 2 aromatic carbocycles. The minimum Gasteiger partial charge on any atom is -0.317 e. The SMILES string of the molecule is CC1Cc2ccc(F)cc2CN1C(=O)Nc1ccc(S(=O)(=O)N(C)C2CCCCC2)cc1. The van der Waals surface area contributed by atoms with E-state index in [1.165, 1.54) is 28.6 Å². The van der Waals surface area contributed by atoms with Crippen LogP contribution in [0.4, 0.5) is 14.9 Å². The van der Waals surface area contributed by atoms with Gasteiger partial charge in [-0.25, -0.2) is 17.6 Å². The first-order valence-electron chi connectivity index (χ1n) is 11.2. The lowest BCUT2D eigenvalue weighted by Crippen LogP contribution is -2.44.